The smallest absolute Gasteiger partial charge is 0.186 e. The van der Waals surface area contributed by atoms with Gasteiger partial charge in [-0.05, 0) is 30.2 Å². The minimum atomic E-state index is -2.00. The summed E-state index contributed by atoms with van der Waals surface area (Å²) >= 11 is -2.00. The Morgan fingerprint density at radius 3 is 2.77 bits per heavy atom. The van der Waals surface area contributed by atoms with Gasteiger partial charge in [0, 0.05) is 0 Å². The second-order valence-electron chi connectivity index (χ2n) is 2.53. The Labute approximate surface area is 79.0 Å². The van der Waals surface area contributed by atoms with Crippen LogP contribution in [0.2, 0.25) is 0 Å². The molecule has 0 aromatic heterocycles. The van der Waals surface area contributed by atoms with Crippen LogP contribution >= 0.6 is 0 Å². The molecule has 13 heavy (non-hydrogen) atoms. The van der Waals surface area contributed by atoms with Gasteiger partial charge < -0.3 is 9.66 Å². The van der Waals surface area contributed by atoms with E-state index in [1.807, 2.05) is 0 Å². The fourth-order valence-corrected chi connectivity index (χ4v) is 1.42. The van der Waals surface area contributed by atoms with Gasteiger partial charge in [-0.2, -0.15) is 0 Å². The highest BCUT2D eigenvalue weighted by molar-refractivity contribution is 7.79. The largest absolute Gasteiger partial charge is 0.508 e. The number of phenolic OH excluding ortho intramolecular Hbond substituents is 1. The molecule has 0 fully saturated rings. The third kappa shape index (κ3) is 2.40. The van der Waals surface area contributed by atoms with Crippen LogP contribution in [0.5, 0.6) is 5.75 Å². The minimum Gasteiger partial charge on any atom is -0.508 e. The van der Waals surface area contributed by atoms with Crippen molar-refractivity contribution in [2.24, 2.45) is 0 Å². The van der Waals surface area contributed by atoms with Gasteiger partial charge in [0.2, 0.25) is 0 Å². The zero-order valence-corrected chi connectivity index (χ0v) is 7.75. The maximum Gasteiger partial charge on any atom is 0.186 e. The van der Waals surface area contributed by atoms with Crippen molar-refractivity contribution in [3.8, 4) is 5.75 Å². The van der Waals surface area contributed by atoms with Gasteiger partial charge in [-0.15, -0.1) is 6.58 Å². The number of hydrogen-bond donors (Lipinski definition) is 2. The first kappa shape index (κ1) is 9.95. The zero-order chi connectivity index (χ0) is 9.84. The van der Waals surface area contributed by atoms with Gasteiger partial charge in [0.15, 0.2) is 11.1 Å². The molecule has 3 nitrogen and oxygen atoms in total. The van der Waals surface area contributed by atoms with Crippen molar-refractivity contribution in [2.45, 2.75) is 11.3 Å². The molecule has 1 aromatic carbocycles. The fourth-order valence-electron chi connectivity index (χ4n) is 0.989. The third-order valence-corrected chi connectivity index (χ3v) is 2.27. The summed E-state index contributed by atoms with van der Waals surface area (Å²) in [5.74, 6) is 0.120. The molecule has 0 amide bonds. The number of phenols is 1. The molecule has 0 aliphatic carbocycles. The normalized spacial score (nSPS) is 12.4. The number of hydrogen-bond acceptors (Lipinski definition) is 2. The first-order chi connectivity index (χ1) is 6.15. The van der Waals surface area contributed by atoms with Gasteiger partial charge in [-0.25, -0.2) is 4.21 Å². The molecule has 0 spiro atoms. The van der Waals surface area contributed by atoms with Crippen molar-refractivity contribution < 1.29 is 13.9 Å². The van der Waals surface area contributed by atoms with E-state index in [2.05, 4.69) is 6.58 Å². The van der Waals surface area contributed by atoms with Crippen LogP contribution in [-0.4, -0.2) is 13.9 Å². The van der Waals surface area contributed by atoms with E-state index in [-0.39, 0.29) is 10.6 Å². The average Bonchev–Trinajstić information content (AvgIpc) is 2.08. The van der Waals surface area contributed by atoms with Crippen LogP contribution < -0.4 is 0 Å². The molecule has 2 N–H and O–H groups in total. The monoisotopic (exact) mass is 198 g/mol. The lowest BCUT2D eigenvalue weighted by Crippen LogP contribution is -1.90. The molecule has 0 aliphatic rings. The van der Waals surface area contributed by atoms with Crippen molar-refractivity contribution in [3.05, 3.63) is 36.4 Å². The number of benzene rings is 1. The maximum absolute atomic E-state index is 10.7. The molecule has 0 saturated carbocycles. The molecule has 1 atom stereocenters. The topological polar surface area (TPSA) is 57.5 Å². The Morgan fingerprint density at radius 1 is 1.54 bits per heavy atom. The van der Waals surface area contributed by atoms with E-state index in [1.54, 1.807) is 6.08 Å². The van der Waals surface area contributed by atoms with E-state index in [1.165, 1.54) is 18.2 Å². The Morgan fingerprint density at radius 2 is 2.23 bits per heavy atom. The molecule has 0 heterocycles. The molecular formula is C9H10O3S. The summed E-state index contributed by atoms with van der Waals surface area (Å²) in [7, 11) is 0. The highest BCUT2D eigenvalue weighted by atomic mass is 32.2. The number of aromatic hydroxyl groups is 1. The van der Waals surface area contributed by atoms with Crippen molar-refractivity contribution in [1.29, 1.82) is 0 Å². The molecule has 1 aromatic rings. The molecule has 1 unspecified atom stereocenters. The summed E-state index contributed by atoms with van der Waals surface area (Å²) in [4.78, 5) is 0.287. The third-order valence-electron chi connectivity index (χ3n) is 1.62. The first-order valence-corrected chi connectivity index (χ1v) is 4.79. The van der Waals surface area contributed by atoms with Crippen LogP contribution in [0.15, 0.2) is 35.7 Å². The van der Waals surface area contributed by atoms with Crippen molar-refractivity contribution in [3.63, 3.8) is 0 Å². The van der Waals surface area contributed by atoms with Crippen molar-refractivity contribution in [1.82, 2.24) is 0 Å². The van der Waals surface area contributed by atoms with Gasteiger partial charge >= 0.3 is 0 Å². The average molecular weight is 198 g/mol. The Bertz CT molecular complexity index is 347. The Balaban J connectivity index is 3.10. The highest BCUT2D eigenvalue weighted by Crippen LogP contribution is 2.20. The Hall–Kier alpha value is -1.13. The molecule has 1 rings (SSSR count). The lowest BCUT2D eigenvalue weighted by atomic mass is 10.1. The van der Waals surface area contributed by atoms with E-state index in [0.29, 0.717) is 12.0 Å². The van der Waals surface area contributed by atoms with Crippen molar-refractivity contribution >= 4 is 11.1 Å². The summed E-state index contributed by atoms with van der Waals surface area (Å²) in [5.41, 5.74) is 0.606. The molecule has 0 radical (unpaired) electrons. The second kappa shape index (κ2) is 4.20. The maximum atomic E-state index is 10.7. The highest BCUT2D eigenvalue weighted by Gasteiger charge is 2.04. The molecule has 70 valence electrons. The summed E-state index contributed by atoms with van der Waals surface area (Å²) in [5, 5.41) is 9.32. The van der Waals surface area contributed by atoms with Gasteiger partial charge in [0.1, 0.15) is 5.75 Å². The second-order valence-corrected chi connectivity index (χ2v) is 3.50. The van der Waals surface area contributed by atoms with Gasteiger partial charge in [0.05, 0.1) is 4.90 Å². The van der Waals surface area contributed by atoms with Crippen LogP contribution in [0.4, 0.5) is 0 Å². The molecule has 4 heteroatoms. The summed E-state index contributed by atoms with van der Waals surface area (Å²) in [6.07, 6.45) is 2.11. The van der Waals surface area contributed by atoms with Gasteiger partial charge in [-0.1, -0.05) is 6.08 Å². The summed E-state index contributed by atoms with van der Waals surface area (Å²) in [6, 6.07) is 4.31. The Kier molecular flexibility index (Phi) is 3.22. The van der Waals surface area contributed by atoms with Gasteiger partial charge in [-0.3, -0.25) is 0 Å². The predicted octanol–water partition coefficient (Wildman–Crippen LogP) is 1.70. The lowest BCUT2D eigenvalue weighted by Gasteiger charge is -2.02. The van der Waals surface area contributed by atoms with E-state index in [4.69, 9.17) is 4.55 Å². The fraction of sp³-hybridized carbons (Fsp3) is 0.111. The van der Waals surface area contributed by atoms with Gasteiger partial charge in [0.25, 0.3) is 0 Å². The molecular weight excluding hydrogens is 188 g/mol. The van der Waals surface area contributed by atoms with E-state index >= 15 is 0 Å². The SMILES string of the molecule is C=CCc1cc(S(=O)O)ccc1O. The lowest BCUT2D eigenvalue weighted by molar-refractivity contribution is 0.469. The summed E-state index contributed by atoms with van der Waals surface area (Å²) < 4.78 is 19.4. The van der Waals surface area contributed by atoms with Crippen LogP contribution in [0.25, 0.3) is 0 Å². The van der Waals surface area contributed by atoms with Crippen LogP contribution in [0.3, 0.4) is 0 Å². The summed E-state index contributed by atoms with van der Waals surface area (Å²) in [6.45, 7) is 3.52. The van der Waals surface area contributed by atoms with Crippen LogP contribution in [0.1, 0.15) is 5.56 Å². The van der Waals surface area contributed by atoms with E-state index in [0.717, 1.165) is 0 Å². The number of rotatable bonds is 3. The molecule has 0 saturated heterocycles. The first-order valence-electron chi connectivity index (χ1n) is 3.69. The quantitative estimate of drug-likeness (QED) is 0.574. The van der Waals surface area contributed by atoms with E-state index < -0.39 is 11.1 Å². The standard InChI is InChI=1S/C9H10O3S/c1-2-3-7-6-8(13(11)12)4-5-9(7)10/h2,4-6,10H,1,3H2,(H,11,12). The van der Waals surface area contributed by atoms with Crippen LogP contribution in [0, 0.1) is 0 Å². The zero-order valence-electron chi connectivity index (χ0n) is 6.93. The molecule has 0 aliphatic heterocycles. The van der Waals surface area contributed by atoms with E-state index in [9.17, 15) is 9.32 Å². The molecule has 0 bridgehead atoms. The minimum absolute atomic E-state index is 0.120. The van der Waals surface area contributed by atoms with Crippen molar-refractivity contribution in [2.75, 3.05) is 0 Å². The number of allylic oxidation sites excluding steroid dienone is 1. The predicted molar refractivity (Wildman–Crippen MR) is 51.0 cm³/mol. The van der Waals surface area contributed by atoms with Crippen LogP contribution in [-0.2, 0) is 17.5 Å².